The van der Waals surface area contributed by atoms with E-state index in [1.165, 1.54) is 6.07 Å². The van der Waals surface area contributed by atoms with E-state index in [0.29, 0.717) is 0 Å². The van der Waals surface area contributed by atoms with Gasteiger partial charge >= 0.3 is 11.9 Å². The van der Waals surface area contributed by atoms with Crippen LogP contribution in [0, 0.1) is 15.5 Å². The SMILES string of the molecule is CC(C)(C)C(=O)OCc1cc2cc(C(=O)O)c(O)c(O)c2cc1[N+](=O)[O-]. The van der Waals surface area contributed by atoms with Crippen LogP contribution in [0.25, 0.3) is 10.8 Å². The molecule has 2 aromatic carbocycles. The van der Waals surface area contributed by atoms with Gasteiger partial charge in [-0.3, -0.25) is 14.9 Å². The molecule has 0 spiro atoms. The van der Waals surface area contributed by atoms with Crippen LogP contribution < -0.4 is 0 Å². The summed E-state index contributed by atoms with van der Waals surface area (Å²) in [6.07, 6.45) is 0. The zero-order chi connectivity index (χ0) is 19.8. The molecule has 0 amide bonds. The van der Waals surface area contributed by atoms with Gasteiger partial charge in [0.15, 0.2) is 11.5 Å². The van der Waals surface area contributed by atoms with Crippen molar-refractivity contribution in [2.45, 2.75) is 27.4 Å². The van der Waals surface area contributed by atoms with Crippen LogP contribution in [-0.2, 0) is 16.1 Å². The number of nitro groups is 1. The molecule has 138 valence electrons. The standard InChI is InChI=1S/C17H17NO8/c1-17(2,3)16(23)26-7-9-4-8-5-11(15(21)22)14(20)13(19)10(8)6-12(9)18(24)25/h4-6,19-20H,7H2,1-3H3,(H,21,22). The summed E-state index contributed by atoms with van der Waals surface area (Å²) in [7, 11) is 0. The number of carboxylic acids is 1. The number of aromatic carboxylic acids is 1. The number of hydrogen-bond donors (Lipinski definition) is 3. The van der Waals surface area contributed by atoms with Gasteiger partial charge in [-0.1, -0.05) is 0 Å². The fraction of sp³-hybridized carbons (Fsp3) is 0.294. The Hall–Kier alpha value is -3.36. The molecule has 2 rings (SSSR count). The molecule has 0 atom stereocenters. The number of carboxylic acid groups (broad SMARTS) is 1. The molecular weight excluding hydrogens is 346 g/mol. The second-order valence-corrected chi connectivity index (χ2v) is 6.71. The van der Waals surface area contributed by atoms with Crippen LogP contribution in [0.5, 0.6) is 11.5 Å². The molecule has 0 fully saturated rings. The molecule has 2 aromatic rings. The molecule has 0 radical (unpaired) electrons. The number of carbonyl (C=O) groups excluding carboxylic acids is 1. The number of aromatic hydroxyl groups is 2. The highest BCUT2D eigenvalue weighted by Crippen LogP contribution is 2.40. The Kier molecular flexibility index (Phi) is 4.75. The number of benzene rings is 2. The minimum atomic E-state index is -1.47. The van der Waals surface area contributed by atoms with Crippen LogP contribution in [0.2, 0.25) is 0 Å². The molecule has 0 aliphatic heterocycles. The van der Waals surface area contributed by atoms with E-state index >= 15 is 0 Å². The number of esters is 1. The van der Waals surface area contributed by atoms with Crippen LogP contribution >= 0.6 is 0 Å². The molecule has 0 aliphatic rings. The minimum absolute atomic E-state index is 0.0292. The fourth-order valence-electron chi connectivity index (χ4n) is 2.26. The van der Waals surface area contributed by atoms with Crippen LogP contribution in [0.4, 0.5) is 5.69 Å². The first-order chi connectivity index (χ1) is 11.9. The van der Waals surface area contributed by atoms with E-state index in [4.69, 9.17) is 9.84 Å². The van der Waals surface area contributed by atoms with Gasteiger partial charge in [-0.25, -0.2) is 4.79 Å². The molecule has 26 heavy (non-hydrogen) atoms. The zero-order valence-corrected chi connectivity index (χ0v) is 14.3. The third-order valence-corrected chi connectivity index (χ3v) is 3.68. The van der Waals surface area contributed by atoms with E-state index in [1.807, 2.05) is 0 Å². The molecule has 0 aromatic heterocycles. The fourth-order valence-corrected chi connectivity index (χ4v) is 2.26. The number of nitrogens with zero attached hydrogens (tertiary/aromatic N) is 1. The lowest BCUT2D eigenvalue weighted by atomic mass is 9.97. The van der Waals surface area contributed by atoms with Crippen molar-refractivity contribution in [3.63, 3.8) is 0 Å². The number of rotatable bonds is 4. The number of phenolic OH excluding ortho intramolecular Hbond substituents is 1. The monoisotopic (exact) mass is 363 g/mol. The van der Waals surface area contributed by atoms with Gasteiger partial charge in [0.05, 0.1) is 15.9 Å². The van der Waals surface area contributed by atoms with Gasteiger partial charge in [-0.05, 0) is 38.3 Å². The van der Waals surface area contributed by atoms with E-state index < -0.39 is 51.6 Å². The third kappa shape index (κ3) is 3.51. The first-order valence-corrected chi connectivity index (χ1v) is 7.50. The van der Waals surface area contributed by atoms with Crippen molar-refractivity contribution in [2.24, 2.45) is 5.41 Å². The maximum absolute atomic E-state index is 11.9. The summed E-state index contributed by atoms with van der Waals surface area (Å²) in [5, 5.41) is 40.2. The number of ether oxygens (including phenoxy) is 1. The van der Waals surface area contributed by atoms with Crippen LogP contribution in [0.3, 0.4) is 0 Å². The lowest BCUT2D eigenvalue weighted by molar-refractivity contribution is -0.385. The van der Waals surface area contributed by atoms with E-state index in [-0.39, 0.29) is 16.3 Å². The predicted molar refractivity (Wildman–Crippen MR) is 90.1 cm³/mol. The number of phenols is 2. The number of hydrogen-bond acceptors (Lipinski definition) is 7. The minimum Gasteiger partial charge on any atom is -0.504 e. The Morgan fingerprint density at radius 3 is 2.27 bits per heavy atom. The molecule has 0 saturated carbocycles. The largest absolute Gasteiger partial charge is 0.504 e. The Labute approximate surface area is 147 Å². The molecule has 0 aliphatic carbocycles. The molecule has 0 saturated heterocycles. The maximum atomic E-state index is 11.9. The second kappa shape index (κ2) is 6.51. The average molecular weight is 363 g/mol. The molecule has 3 N–H and O–H groups in total. The van der Waals surface area contributed by atoms with Gasteiger partial charge in [0.1, 0.15) is 12.2 Å². The summed E-state index contributed by atoms with van der Waals surface area (Å²) < 4.78 is 5.09. The van der Waals surface area contributed by atoms with Gasteiger partial charge in [-0.15, -0.1) is 0 Å². The molecule has 9 heteroatoms. The van der Waals surface area contributed by atoms with Crippen molar-refractivity contribution >= 4 is 28.4 Å². The third-order valence-electron chi connectivity index (χ3n) is 3.68. The summed E-state index contributed by atoms with van der Waals surface area (Å²) in [6, 6.07) is 3.32. The Balaban J connectivity index is 2.60. The van der Waals surface area contributed by atoms with Gasteiger partial charge in [0.2, 0.25) is 0 Å². The highest BCUT2D eigenvalue weighted by molar-refractivity contribution is 6.02. The van der Waals surface area contributed by atoms with E-state index in [0.717, 1.165) is 12.1 Å². The van der Waals surface area contributed by atoms with Gasteiger partial charge in [0, 0.05) is 11.5 Å². The maximum Gasteiger partial charge on any atom is 0.339 e. The van der Waals surface area contributed by atoms with Crippen LogP contribution in [0.1, 0.15) is 36.7 Å². The van der Waals surface area contributed by atoms with Gasteiger partial charge in [0.25, 0.3) is 5.69 Å². The summed E-state index contributed by atoms with van der Waals surface area (Å²) in [5.74, 6) is -3.70. The zero-order valence-electron chi connectivity index (χ0n) is 14.3. The van der Waals surface area contributed by atoms with Crippen LogP contribution in [0.15, 0.2) is 18.2 Å². The van der Waals surface area contributed by atoms with Gasteiger partial charge in [-0.2, -0.15) is 0 Å². The number of fused-ring (bicyclic) bond motifs is 1. The van der Waals surface area contributed by atoms with Crippen molar-refractivity contribution in [3.8, 4) is 11.5 Å². The van der Waals surface area contributed by atoms with Crippen molar-refractivity contribution in [3.05, 3.63) is 39.4 Å². The quantitative estimate of drug-likeness (QED) is 0.325. The topological polar surface area (TPSA) is 147 Å². The first kappa shape index (κ1) is 19.0. The molecule has 0 bridgehead atoms. The summed E-state index contributed by atoms with van der Waals surface area (Å²) in [6.45, 7) is 4.49. The summed E-state index contributed by atoms with van der Waals surface area (Å²) in [5.41, 5.74) is -1.76. The number of carbonyl (C=O) groups is 2. The molecular formula is C17H17NO8. The predicted octanol–water partition coefficient (Wildman–Crippen LogP) is 2.95. The normalized spacial score (nSPS) is 11.3. The second-order valence-electron chi connectivity index (χ2n) is 6.71. The first-order valence-electron chi connectivity index (χ1n) is 7.50. The van der Waals surface area contributed by atoms with Gasteiger partial charge < -0.3 is 20.1 Å². The molecule has 0 heterocycles. The molecule has 9 nitrogen and oxygen atoms in total. The smallest absolute Gasteiger partial charge is 0.339 e. The summed E-state index contributed by atoms with van der Waals surface area (Å²) in [4.78, 5) is 33.6. The lowest BCUT2D eigenvalue weighted by Crippen LogP contribution is -2.22. The highest BCUT2D eigenvalue weighted by atomic mass is 16.6. The van der Waals surface area contributed by atoms with Crippen molar-refractivity contribution in [1.82, 2.24) is 0 Å². The van der Waals surface area contributed by atoms with Crippen LogP contribution in [-0.4, -0.2) is 32.2 Å². The highest BCUT2D eigenvalue weighted by Gasteiger charge is 2.26. The molecule has 0 unspecified atom stereocenters. The summed E-state index contributed by atoms with van der Waals surface area (Å²) >= 11 is 0. The van der Waals surface area contributed by atoms with E-state index in [2.05, 4.69) is 0 Å². The van der Waals surface area contributed by atoms with E-state index in [9.17, 15) is 29.9 Å². The average Bonchev–Trinajstić information content (AvgIpc) is 2.53. The Morgan fingerprint density at radius 2 is 1.77 bits per heavy atom. The van der Waals surface area contributed by atoms with E-state index in [1.54, 1.807) is 20.8 Å². The van der Waals surface area contributed by atoms with Crippen molar-refractivity contribution in [1.29, 1.82) is 0 Å². The van der Waals surface area contributed by atoms with Crippen molar-refractivity contribution < 1.29 is 34.6 Å². The Morgan fingerprint density at radius 1 is 1.15 bits per heavy atom. The van der Waals surface area contributed by atoms with Crippen molar-refractivity contribution in [2.75, 3.05) is 0 Å². The Bertz CT molecular complexity index is 927. The number of nitro benzene ring substituents is 1. The lowest BCUT2D eigenvalue weighted by Gasteiger charge is -2.17.